The Kier molecular flexibility index (Phi) is 8.88. The van der Waals surface area contributed by atoms with Crippen molar-refractivity contribution in [3.8, 4) is 5.75 Å². The number of morpholine rings is 1. The van der Waals surface area contributed by atoms with Gasteiger partial charge >= 0.3 is 0 Å². The van der Waals surface area contributed by atoms with Crippen molar-refractivity contribution in [2.24, 2.45) is 4.99 Å². The molecule has 1 unspecified atom stereocenters. The molecule has 4 heterocycles. The predicted molar refractivity (Wildman–Crippen MR) is 162 cm³/mol. The molecule has 1 fully saturated rings. The zero-order valence-electron chi connectivity index (χ0n) is 22.2. The molecule has 0 radical (unpaired) electrons. The molecule has 1 N–H and O–H groups in total. The van der Waals surface area contributed by atoms with Crippen LogP contribution in [0.5, 0.6) is 5.75 Å². The number of carbonyl (C=O) groups excluding carboxylic acids is 1. The Bertz CT molecular complexity index is 1620. The highest BCUT2D eigenvalue weighted by molar-refractivity contribution is 8.15. The fourth-order valence-electron chi connectivity index (χ4n) is 4.67. The van der Waals surface area contributed by atoms with Gasteiger partial charge in [0, 0.05) is 37.0 Å². The summed E-state index contributed by atoms with van der Waals surface area (Å²) in [6.45, 7) is 3.65. The summed E-state index contributed by atoms with van der Waals surface area (Å²) < 4.78 is 13.4. The van der Waals surface area contributed by atoms with Crippen molar-refractivity contribution in [1.82, 2.24) is 25.0 Å². The second kappa shape index (κ2) is 13.1. The van der Waals surface area contributed by atoms with Crippen molar-refractivity contribution in [1.29, 1.82) is 0 Å². The third-order valence-corrected chi connectivity index (χ3v) is 9.68. The second-order valence-electron chi connectivity index (χ2n) is 9.54. The largest absolute Gasteiger partial charge is 0.486 e. The van der Waals surface area contributed by atoms with Gasteiger partial charge in [0.15, 0.2) is 5.49 Å². The molecule has 6 rings (SSSR count). The van der Waals surface area contributed by atoms with Gasteiger partial charge in [-0.05, 0) is 23.8 Å². The van der Waals surface area contributed by atoms with E-state index in [0.29, 0.717) is 73.6 Å². The number of carbonyl (C=O) groups is 1. The maximum Gasteiger partial charge on any atom is 0.244 e. The van der Waals surface area contributed by atoms with Gasteiger partial charge in [-0.15, -0.1) is 21.8 Å². The Morgan fingerprint density at radius 3 is 2.80 bits per heavy atom. The van der Waals surface area contributed by atoms with Crippen LogP contribution in [0.4, 0.5) is 5.69 Å². The van der Waals surface area contributed by atoms with E-state index >= 15 is 0 Å². The number of ether oxygens (including phenoxy) is 2. The predicted octanol–water partition coefficient (Wildman–Crippen LogP) is 4.20. The van der Waals surface area contributed by atoms with Gasteiger partial charge in [-0.2, -0.15) is 0 Å². The highest BCUT2D eigenvalue weighted by Crippen LogP contribution is 2.34. The molecular formula is C29H29ClN6O3S2. The number of nitrogens with zero attached hydrogens (tertiary/aromatic N) is 5. The number of hydrogen-bond acceptors (Lipinski definition) is 8. The summed E-state index contributed by atoms with van der Waals surface area (Å²) in [5.74, 6) is 0.951. The first-order valence-corrected chi connectivity index (χ1v) is 16.0. The van der Waals surface area contributed by atoms with E-state index in [1.165, 1.54) is 16.9 Å². The molecule has 0 saturated carbocycles. The van der Waals surface area contributed by atoms with E-state index in [1.807, 2.05) is 47.0 Å². The molecule has 4 aromatic rings. The van der Waals surface area contributed by atoms with Crippen LogP contribution >= 0.6 is 33.4 Å². The maximum absolute atomic E-state index is 13.0. The summed E-state index contributed by atoms with van der Waals surface area (Å²) in [4.78, 5) is 26.9. The summed E-state index contributed by atoms with van der Waals surface area (Å²) in [7, 11) is -0.399. The third kappa shape index (κ3) is 6.94. The van der Waals surface area contributed by atoms with Crippen molar-refractivity contribution in [3.63, 3.8) is 0 Å². The summed E-state index contributed by atoms with van der Waals surface area (Å²) in [5, 5.41) is 7.66. The Hall–Kier alpha value is -3.35. The summed E-state index contributed by atoms with van der Waals surface area (Å²) in [6, 6.07) is 15.7. The molecular weight excluding hydrogens is 580 g/mol. The van der Waals surface area contributed by atoms with Crippen LogP contribution in [0.15, 0.2) is 75.8 Å². The minimum absolute atomic E-state index is 0.000850. The monoisotopic (exact) mass is 608 g/mol. The zero-order chi connectivity index (χ0) is 28.0. The summed E-state index contributed by atoms with van der Waals surface area (Å²) in [5.41, 5.74) is 9.21. The quantitative estimate of drug-likeness (QED) is 0.226. The number of nitrogens with one attached hydrogen (secondary N) is 1. The molecule has 0 bridgehead atoms. The van der Waals surface area contributed by atoms with Gasteiger partial charge < -0.3 is 14.0 Å². The van der Waals surface area contributed by atoms with Crippen molar-refractivity contribution in [3.05, 3.63) is 93.1 Å². The Balaban J connectivity index is 1.27. The first-order chi connectivity index (χ1) is 20.1. The summed E-state index contributed by atoms with van der Waals surface area (Å²) in [6.07, 6.45) is 2.52. The minimum atomic E-state index is -0.399. The Morgan fingerprint density at radius 1 is 1.17 bits per heavy atom. The van der Waals surface area contributed by atoms with E-state index in [0.717, 1.165) is 16.3 Å². The lowest BCUT2D eigenvalue weighted by Gasteiger charge is -2.27. The van der Waals surface area contributed by atoms with Gasteiger partial charge in [0.1, 0.15) is 12.4 Å². The SMILES string of the molecule is O=C(CS1=CCc2c1n(Cc1ccccc1)cnc2=Nc1ccc(OCc2cscn2)c(Cl)c1)NN1CCOCC1. The molecule has 2 aliphatic heterocycles. The topological polar surface area (TPSA) is 93.9 Å². The standard InChI is InChI=1S/C29H29ClN6O3S2/c30-25-14-22(6-7-26(25)39-16-23-17-40-20-32-23)33-28-24-8-13-41(18-27(37)34-36-9-11-38-12-10-36)29(24)35(19-31-28)15-21-4-2-1-3-5-21/h1-7,13-14,17,19-20H,8-12,15-16,18H2,(H,34,37). The van der Waals surface area contributed by atoms with Gasteiger partial charge in [-0.1, -0.05) is 47.3 Å². The van der Waals surface area contributed by atoms with Crippen LogP contribution in [-0.2, 0) is 29.1 Å². The van der Waals surface area contributed by atoms with Crippen LogP contribution < -0.4 is 15.7 Å². The fraction of sp³-hybridized carbons (Fsp3) is 0.276. The molecule has 2 aromatic carbocycles. The van der Waals surface area contributed by atoms with Crippen LogP contribution in [0, 0.1) is 0 Å². The molecule has 2 aliphatic rings. The van der Waals surface area contributed by atoms with E-state index in [9.17, 15) is 4.79 Å². The number of halogens is 1. The van der Waals surface area contributed by atoms with Gasteiger partial charge in [0.2, 0.25) is 5.91 Å². The normalized spacial score (nSPS) is 17.2. The van der Waals surface area contributed by atoms with E-state index in [4.69, 9.17) is 31.1 Å². The van der Waals surface area contributed by atoms with Crippen LogP contribution in [0.3, 0.4) is 0 Å². The van der Waals surface area contributed by atoms with Gasteiger partial charge in [-0.3, -0.25) is 10.2 Å². The second-order valence-corrected chi connectivity index (χ2v) is 12.5. The first-order valence-electron chi connectivity index (χ1n) is 13.2. The number of amides is 1. The van der Waals surface area contributed by atoms with Crippen LogP contribution in [0.1, 0.15) is 16.8 Å². The molecule has 12 heteroatoms. The third-order valence-electron chi connectivity index (χ3n) is 6.63. The maximum atomic E-state index is 13.0. The number of benzene rings is 2. The Labute approximate surface area is 249 Å². The zero-order valence-corrected chi connectivity index (χ0v) is 24.6. The number of thiazole rings is 1. The number of aromatic nitrogens is 3. The van der Waals surface area contributed by atoms with Crippen molar-refractivity contribution in [2.75, 3.05) is 32.1 Å². The van der Waals surface area contributed by atoms with Crippen LogP contribution in [0.25, 0.3) is 0 Å². The van der Waals surface area contributed by atoms with Crippen molar-refractivity contribution >= 4 is 50.4 Å². The molecule has 2 aromatic heterocycles. The highest BCUT2D eigenvalue weighted by atomic mass is 35.5. The summed E-state index contributed by atoms with van der Waals surface area (Å²) >= 11 is 8.07. The number of fused-ring (bicyclic) bond motifs is 1. The van der Waals surface area contributed by atoms with Crippen LogP contribution in [0.2, 0.25) is 5.02 Å². The molecule has 1 amide bonds. The molecule has 9 nitrogen and oxygen atoms in total. The van der Waals surface area contributed by atoms with E-state index in [2.05, 4.69) is 32.5 Å². The van der Waals surface area contributed by atoms with Gasteiger partial charge in [-0.25, -0.2) is 20.0 Å². The number of rotatable bonds is 9. The number of hydrazine groups is 1. The van der Waals surface area contributed by atoms with E-state index in [1.54, 1.807) is 11.6 Å². The average Bonchev–Trinajstić information content (AvgIpc) is 3.66. The smallest absolute Gasteiger partial charge is 0.244 e. The fourth-order valence-corrected chi connectivity index (χ4v) is 7.48. The Morgan fingerprint density at radius 2 is 2.02 bits per heavy atom. The van der Waals surface area contributed by atoms with Crippen molar-refractivity contribution < 1.29 is 14.3 Å². The lowest BCUT2D eigenvalue weighted by atomic mass is 10.2. The van der Waals surface area contributed by atoms with Gasteiger partial charge in [0.05, 0.1) is 52.2 Å². The molecule has 41 heavy (non-hydrogen) atoms. The average molecular weight is 609 g/mol. The van der Waals surface area contributed by atoms with Gasteiger partial charge in [0.25, 0.3) is 0 Å². The van der Waals surface area contributed by atoms with E-state index in [-0.39, 0.29) is 5.91 Å². The lowest BCUT2D eigenvalue weighted by molar-refractivity contribution is -0.125. The first kappa shape index (κ1) is 27.8. The van der Waals surface area contributed by atoms with Crippen LogP contribution in [-0.4, -0.2) is 62.9 Å². The van der Waals surface area contributed by atoms with Crippen molar-refractivity contribution in [2.45, 2.75) is 24.6 Å². The molecule has 1 saturated heterocycles. The highest BCUT2D eigenvalue weighted by Gasteiger charge is 2.23. The molecule has 0 spiro atoms. The lowest BCUT2D eigenvalue weighted by Crippen LogP contribution is -2.49. The minimum Gasteiger partial charge on any atom is -0.486 e. The molecule has 212 valence electrons. The van der Waals surface area contributed by atoms with E-state index < -0.39 is 10.5 Å². The number of hydrogen-bond donors (Lipinski definition) is 1. The molecule has 1 atom stereocenters. The molecule has 0 aliphatic carbocycles.